The van der Waals surface area contributed by atoms with E-state index in [-0.39, 0.29) is 30.0 Å². The summed E-state index contributed by atoms with van der Waals surface area (Å²) in [6.07, 6.45) is 4.73. The van der Waals surface area contributed by atoms with Crippen LogP contribution in [0, 0.1) is 11.8 Å². The quantitative estimate of drug-likeness (QED) is 0.403. The van der Waals surface area contributed by atoms with Crippen molar-refractivity contribution < 1.29 is 19.4 Å². The normalized spacial score (nSPS) is 23.7. The van der Waals surface area contributed by atoms with Crippen LogP contribution < -0.4 is 9.47 Å². The first-order valence-corrected chi connectivity index (χ1v) is 14.0. The zero-order chi connectivity index (χ0) is 26.9. The summed E-state index contributed by atoms with van der Waals surface area (Å²) in [5.74, 6) is 2.17. The van der Waals surface area contributed by atoms with Gasteiger partial charge in [0.25, 0.3) is 0 Å². The molecule has 37 heavy (non-hydrogen) atoms. The Morgan fingerprint density at radius 2 is 1.70 bits per heavy atom. The molecule has 6 heteroatoms. The van der Waals surface area contributed by atoms with E-state index in [9.17, 15) is 9.90 Å². The fourth-order valence-corrected chi connectivity index (χ4v) is 6.57. The molecule has 0 radical (unpaired) electrons. The van der Waals surface area contributed by atoms with Gasteiger partial charge in [0.1, 0.15) is 0 Å². The number of hydrogen-bond donors (Lipinski definition) is 1. The van der Waals surface area contributed by atoms with Gasteiger partial charge in [-0.1, -0.05) is 37.6 Å². The molecular formula is C31H42ClNO4. The molecule has 0 aromatic heterocycles. The van der Waals surface area contributed by atoms with Crippen LogP contribution in [0.4, 0.5) is 0 Å². The minimum Gasteiger partial charge on any atom is -0.493 e. The molecule has 2 aromatic carbocycles. The Labute approximate surface area is 227 Å². The molecule has 1 amide bonds. The van der Waals surface area contributed by atoms with Crippen molar-refractivity contribution in [3.8, 4) is 11.5 Å². The van der Waals surface area contributed by atoms with Crippen molar-refractivity contribution in [3.05, 3.63) is 58.1 Å². The van der Waals surface area contributed by atoms with E-state index in [1.807, 2.05) is 51.1 Å². The van der Waals surface area contributed by atoms with E-state index in [1.165, 1.54) is 0 Å². The highest BCUT2D eigenvalue weighted by molar-refractivity contribution is 6.30. The van der Waals surface area contributed by atoms with Crippen molar-refractivity contribution in [2.45, 2.75) is 96.9 Å². The molecule has 2 aliphatic rings. The van der Waals surface area contributed by atoms with Gasteiger partial charge >= 0.3 is 0 Å². The third-order valence-corrected chi connectivity index (χ3v) is 8.22. The molecule has 1 aliphatic heterocycles. The standard InChI is InChI=1S/C31H42ClNO4/c1-19(2)18-31(5,35)23-9-13-25(14-10-23)33-29(34)16-22-15-27(36-6)28(37-20(3)4)17-26(22)30(33)21-7-11-24(32)12-8-21/h7-8,11-12,15,17,19-20,23,25,30,35H,9-10,13-14,16,18H2,1-6H3/t23-,25-,30?,31?. The third kappa shape index (κ3) is 6.09. The summed E-state index contributed by atoms with van der Waals surface area (Å²) in [4.78, 5) is 15.9. The van der Waals surface area contributed by atoms with Crippen LogP contribution in [0.1, 0.15) is 89.5 Å². The fourth-order valence-electron chi connectivity index (χ4n) is 6.45. The highest BCUT2D eigenvalue weighted by Crippen LogP contribution is 2.46. The van der Waals surface area contributed by atoms with E-state index in [0.29, 0.717) is 28.9 Å². The minimum atomic E-state index is -0.674. The summed E-state index contributed by atoms with van der Waals surface area (Å²) in [5, 5.41) is 11.8. The Morgan fingerprint density at radius 3 is 2.27 bits per heavy atom. The van der Waals surface area contributed by atoms with Crippen molar-refractivity contribution in [2.75, 3.05) is 7.11 Å². The third-order valence-electron chi connectivity index (χ3n) is 7.97. The maximum Gasteiger partial charge on any atom is 0.228 e. The lowest BCUT2D eigenvalue weighted by molar-refractivity contribution is -0.137. The number of methoxy groups -OCH3 is 1. The molecule has 0 saturated heterocycles. The SMILES string of the molecule is COc1cc2c(cc1OC(C)C)C(c1ccc(Cl)cc1)N([C@H]1CC[C@H](C(C)(O)CC(C)C)CC1)C(=O)C2. The number of aliphatic hydroxyl groups is 1. The molecule has 1 aliphatic carbocycles. The molecular weight excluding hydrogens is 486 g/mol. The lowest BCUT2D eigenvalue weighted by Gasteiger charge is -2.47. The highest BCUT2D eigenvalue weighted by atomic mass is 35.5. The van der Waals surface area contributed by atoms with Crippen LogP contribution in [0.25, 0.3) is 0 Å². The molecule has 2 unspecified atom stereocenters. The van der Waals surface area contributed by atoms with Crippen LogP contribution in [0.5, 0.6) is 11.5 Å². The zero-order valence-electron chi connectivity index (χ0n) is 23.1. The van der Waals surface area contributed by atoms with Crippen molar-refractivity contribution in [2.24, 2.45) is 11.8 Å². The molecule has 1 heterocycles. The topological polar surface area (TPSA) is 59.0 Å². The average molecular weight is 528 g/mol. The van der Waals surface area contributed by atoms with Crippen LogP contribution in [-0.2, 0) is 11.2 Å². The summed E-state index contributed by atoms with van der Waals surface area (Å²) < 4.78 is 11.7. The first-order chi connectivity index (χ1) is 17.5. The Kier molecular flexibility index (Phi) is 8.45. The Balaban J connectivity index is 1.71. The number of ether oxygens (including phenoxy) is 2. The molecule has 1 fully saturated rings. The highest BCUT2D eigenvalue weighted by Gasteiger charge is 2.42. The number of rotatable bonds is 8. The first-order valence-electron chi connectivity index (χ1n) is 13.7. The molecule has 2 atom stereocenters. The summed E-state index contributed by atoms with van der Waals surface area (Å²) in [7, 11) is 1.63. The predicted octanol–water partition coefficient (Wildman–Crippen LogP) is 6.97. The van der Waals surface area contributed by atoms with E-state index in [1.54, 1.807) is 7.11 Å². The number of halogens is 1. The number of benzene rings is 2. The van der Waals surface area contributed by atoms with Gasteiger partial charge in [0.2, 0.25) is 5.91 Å². The monoisotopic (exact) mass is 527 g/mol. The van der Waals surface area contributed by atoms with Gasteiger partial charge in [0, 0.05) is 11.1 Å². The Morgan fingerprint density at radius 1 is 1.05 bits per heavy atom. The minimum absolute atomic E-state index is 0.00355. The number of nitrogens with zero attached hydrogens (tertiary/aromatic N) is 1. The molecule has 0 spiro atoms. The van der Waals surface area contributed by atoms with Gasteiger partial charge in [0.15, 0.2) is 11.5 Å². The maximum absolute atomic E-state index is 13.8. The summed E-state index contributed by atoms with van der Waals surface area (Å²) in [5.41, 5.74) is 2.41. The second-order valence-electron chi connectivity index (χ2n) is 11.8. The van der Waals surface area contributed by atoms with Crippen LogP contribution in [0.15, 0.2) is 36.4 Å². The van der Waals surface area contributed by atoms with Crippen LogP contribution in [0.2, 0.25) is 5.02 Å². The van der Waals surface area contributed by atoms with Crippen molar-refractivity contribution in [3.63, 3.8) is 0 Å². The lowest BCUT2D eigenvalue weighted by atomic mass is 9.72. The predicted molar refractivity (Wildman–Crippen MR) is 148 cm³/mol. The van der Waals surface area contributed by atoms with E-state index in [4.69, 9.17) is 21.1 Å². The van der Waals surface area contributed by atoms with Crippen LogP contribution in [-0.4, -0.2) is 40.8 Å². The average Bonchev–Trinajstić information content (AvgIpc) is 2.83. The summed E-state index contributed by atoms with van der Waals surface area (Å²) in [6.45, 7) is 10.3. The molecule has 1 saturated carbocycles. The summed E-state index contributed by atoms with van der Waals surface area (Å²) in [6, 6.07) is 11.7. The second-order valence-corrected chi connectivity index (χ2v) is 12.2. The van der Waals surface area contributed by atoms with Crippen LogP contribution in [0.3, 0.4) is 0 Å². The number of amides is 1. The largest absolute Gasteiger partial charge is 0.493 e. The molecule has 0 bridgehead atoms. The van der Waals surface area contributed by atoms with Gasteiger partial charge in [-0.15, -0.1) is 0 Å². The van der Waals surface area contributed by atoms with Gasteiger partial charge in [-0.2, -0.15) is 0 Å². The van der Waals surface area contributed by atoms with Gasteiger partial charge < -0.3 is 19.5 Å². The molecule has 202 valence electrons. The van der Waals surface area contributed by atoms with E-state index >= 15 is 0 Å². The number of hydrogen-bond acceptors (Lipinski definition) is 4. The zero-order valence-corrected chi connectivity index (χ0v) is 23.8. The van der Waals surface area contributed by atoms with Gasteiger partial charge in [-0.05, 0) is 106 Å². The Hall–Kier alpha value is -2.24. The number of carbonyl (C=O) groups is 1. The molecule has 2 aromatic rings. The van der Waals surface area contributed by atoms with Gasteiger partial charge in [-0.3, -0.25) is 4.79 Å². The van der Waals surface area contributed by atoms with Gasteiger partial charge in [0.05, 0.1) is 31.3 Å². The lowest BCUT2D eigenvalue weighted by Crippen LogP contribution is -2.50. The second kappa shape index (κ2) is 11.2. The van der Waals surface area contributed by atoms with E-state index in [2.05, 4.69) is 24.8 Å². The first kappa shape index (κ1) is 27.8. The van der Waals surface area contributed by atoms with E-state index in [0.717, 1.165) is 48.8 Å². The van der Waals surface area contributed by atoms with E-state index < -0.39 is 5.60 Å². The molecule has 5 nitrogen and oxygen atoms in total. The molecule has 1 N–H and O–H groups in total. The van der Waals surface area contributed by atoms with Crippen molar-refractivity contribution >= 4 is 17.5 Å². The number of carbonyl (C=O) groups excluding carboxylic acids is 1. The number of fused-ring (bicyclic) bond motifs is 1. The van der Waals surface area contributed by atoms with Crippen LogP contribution >= 0.6 is 11.6 Å². The molecule has 4 rings (SSSR count). The fraction of sp³-hybridized carbons (Fsp3) is 0.581. The smallest absolute Gasteiger partial charge is 0.228 e. The van der Waals surface area contributed by atoms with Gasteiger partial charge in [-0.25, -0.2) is 0 Å². The maximum atomic E-state index is 13.8. The summed E-state index contributed by atoms with van der Waals surface area (Å²) >= 11 is 6.24. The van der Waals surface area contributed by atoms with Crippen molar-refractivity contribution in [1.29, 1.82) is 0 Å². The Bertz CT molecular complexity index is 1090. The van der Waals surface area contributed by atoms with Crippen molar-refractivity contribution in [1.82, 2.24) is 4.90 Å².